The van der Waals surface area contributed by atoms with E-state index in [0.717, 1.165) is 30.5 Å². The van der Waals surface area contributed by atoms with Gasteiger partial charge >= 0.3 is 0 Å². The van der Waals surface area contributed by atoms with Gasteiger partial charge in [-0.3, -0.25) is 4.79 Å². The third kappa shape index (κ3) is 3.42. The molecule has 0 unspecified atom stereocenters. The molecule has 0 atom stereocenters. The molecule has 2 aromatic rings. The Labute approximate surface area is 130 Å². The summed E-state index contributed by atoms with van der Waals surface area (Å²) in [6.45, 7) is 4.29. The van der Waals surface area contributed by atoms with Gasteiger partial charge in [0, 0.05) is 18.8 Å². The average Bonchev–Trinajstić information content (AvgIpc) is 2.57. The summed E-state index contributed by atoms with van der Waals surface area (Å²) in [5.74, 6) is 1.39. The van der Waals surface area contributed by atoms with Gasteiger partial charge in [0.15, 0.2) is 11.5 Å². The zero-order valence-corrected chi connectivity index (χ0v) is 12.7. The van der Waals surface area contributed by atoms with Crippen LogP contribution in [0.4, 0.5) is 11.5 Å². The van der Waals surface area contributed by atoms with Crippen molar-refractivity contribution in [3.8, 4) is 0 Å². The molecule has 1 N–H and O–H groups in total. The van der Waals surface area contributed by atoms with E-state index in [-0.39, 0.29) is 5.91 Å². The number of benzene rings is 1. The molecule has 1 aliphatic rings. The number of rotatable bonds is 3. The summed E-state index contributed by atoms with van der Waals surface area (Å²) in [5, 5.41) is 11.1. The predicted octanol–water partition coefficient (Wildman–Crippen LogP) is 2.97. The number of carbonyl (C=O) groups is 1. The van der Waals surface area contributed by atoms with E-state index in [1.54, 1.807) is 6.07 Å². The molecule has 5 nitrogen and oxygen atoms in total. The van der Waals surface area contributed by atoms with Gasteiger partial charge in [0.25, 0.3) is 5.91 Å². The van der Waals surface area contributed by atoms with Gasteiger partial charge in [0.1, 0.15) is 0 Å². The van der Waals surface area contributed by atoms with Crippen LogP contribution in [0.1, 0.15) is 30.3 Å². The van der Waals surface area contributed by atoms with E-state index in [1.807, 2.05) is 36.4 Å². The van der Waals surface area contributed by atoms with Crippen molar-refractivity contribution < 1.29 is 4.79 Å². The molecule has 3 rings (SSSR count). The molecule has 22 heavy (non-hydrogen) atoms. The van der Waals surface area contributed by atoms with Gasteiger partial charge in [-0.25, -0.2) is 0 Å². The highest BCUT2D eigenvalue weighted by Crippen LogP contribution is 2.20. The van der Waals surface area contributed by atoms with Crippen molar-refractivity contribution in [1.29, 1.82) is 0 Å². The van der Waals surface area contributed by atoms with Crippen molar-refractivity contribution in [2.24, 2.45) is 5.92 Å². The van der Waals surface area contributed by atoms with Crippen molar-refractivity contribution in [1.82, 2.24) is 10.2 Å². The van der Waals surface area contributed by atoms with Crippen LogP contribution in [0, 0.1) is 5.92 Å². The molecule has 0 spiro atoms. The molecule has 1 fully saturated rings. The van der Waals surface area contributed by atoms with Crippen molar-refractivity contribution in [2.75, 3.05) is 23.3 Å². The van der Waals surface area contributed by atoms with Crippen LogP contribution in [-0.2, 0) is 0 Å². The first kappa shape index (κ1) is 14.5. The van der Waals surface area contributed by atoms with Gasteiger partial charge in [0.2, 0.25) is 0 Å². The summed E-state index contributed by atoms with van der Waals surface area (Å²) >= 11 is 0. The van der Waals surface area contributed by atoms with Crippen molar-refractivity contribution >= 4 is 17.4 Å². The van der Waals surface area contributed by atoms with Gasteiger partial charge in [-0.2, -0.15) is 0 Å². The molecule has 2 heterocycles. The lowest BCUT2D eigenvalue weighted by atomic mass is 9.99. The number of anilines is 2. The smallest absolute Gasteiger partial charge is 0.276 e. The van der Waals surface area contributed by atoms with E-state index >= 15 is 0 Å². The SMILES string of the molecule is CC1CCN(c2ccc(C(=O)Nc3ccccc3)nn2)CC1. The van der Waals surface area contributed by atoms with Crippen LogP contribution in [-0.4, -0.2) is 29.2 Å². The second-order valence-electron chi connectivity index (χ2n) is 5.77. The normalized spacial score (nSPS) is 15.6. The van der Waals surface area contributed by atoms with E-state index in [1.165, 1.54) is 12.8 Å². The highest BCUT2D eigenvalue weighted by molar-refractivity contribution is 6.02. The van der Waals surface area contributed by atoms with E-state index in [9.17, 15) is 4.79 Å². The quantitative estimate of drug-likeness (QED) is 0.946. The largest absolute Gasteiger partial charge is 0.355 e. The molecule has 0 saturated carbocycles. The Kier molecular flexibility index (Phi) is 4.32. The summed E-state index contributed by atoms with van der Waals surface area (Å²) in [6.07, 6.45) is 2.36. The molecule has 1 amide bonds. The monoisotopic (exact) mass is 296 g/mol. The van der Waals surface area contributed by atoms with E-state index in [0.29, 0.717) is 5.69 Å². The number of para-hydroxylation sites is 1. The van der Waals surface area contributed by atoms with Crippen LogP contribution in [0.3, 0.4) is 0 Å². The van der Waals surface area contributed by atoms with Crippen LogP contribution < -0.4 is 10.2 Å². The molecular formula is C17H20N4O. The summed E-state index contributed by atoms with van der Waals surface area (Å²) in [7, 11) is 0. The van der Waals surface area contributed by atoms with Gasteiger partial charge in [-0.15, -0.1) is 10.2 Å². The van der Waals surface area contributed by atoms with E-state index < -0.39 is 0 Å². The Morgan fingerprint density at radius 2 is 1.82 bits per heavy atom. The Bertz CT molecular complexity index is 619. The van der Waals surface area contributed by atoms with Crippen molar-refractivity contribution in [3.63, 3.8) is 0 Å². The topological polar surface area (TPSA) is 58.1 Å². The van der Waals surface area contributed by atoms with Crippen LogP contribution in [0.2, 0.25) is 0 Å². The van der Waals surface area contributed by atoms with E-state index in [2.05, 4.69) is 27.3 Å². The minimum Gasteiger partial charge on any atom is -0.355 e. The molecule has 0 aliphatic carbocycles. The fourth-order valence-corrected chi connectivity index (χ4v) is 2.57. The number of hydrogen-bond donors (Lipinski definition) is 1. The molecule has 1 aromatic carbocycles. The average molecular weight is 296 g/mol. The lowest BCUT2D eigenvalue weighted by Gasteiger charge is -2.30. The van der Waals surface area contributed by atoms with Crippen LogP contribution in [0.5, 0.6) is 0 Å². The molecule has 0 bridgehead atoms. The van der Waals surface area contributed by atoms with Gasteiger partial charge in [0.05, 0.1) is 0 Å². The first-order chi connectivity index (χ1) is 10.7. The number of carbonyl (C=O) groups excluding carboxylic acids is 1. The first-order valence-electron chi connectivity index (χ1n) is 7.67. The van der Waals surface area contributed by atoms with Gasteiger partial charge < -0.3 is 10.2 Å². The number of nitrogens with zero attached hydrogens (tertiary/aromatic N) is 3. The number of amides is 1. The molecule has 5 heteroatoms. The number of aromatic nitrogens is 2. The van der Waals surface area contributed by atoms with Crippen molar-refractivity contribution in [3.05, 3.63) is 48.2 Å². The second-order valence-corrected chi connectivity index (χ2v) is 5.77. The third-order valence-electron chi connectivity index (χ3n) is 4.02. The highest BCUT2D eigenvalue weighted by Gasteiger charge is 2.18. The fourth-order valence-electron chi connectivity index (χ4n) is 2.57. The summed E-state index contributed by atoms with van der Waals surface area (Å²) < 4.78 is 0. The maximum absolute atomic E-state index is 12.1. The minimum atomic E-state index is -0.238. The molecule has 1 aliphatic heterocycles. The maximum atomic E-state index is 12.1. The second kappa shape index (κ2) is 6.56. The predicted molar refractivity (Wildman–Crippen MR) is 87.0 cm³/mol. The highest BCUT2D eigenvalue weighted by atomic mass is 16.1. The van der Waals surface area contributed by atoms with E-state index in [4.69, 9.17) is 0 Å². The Balaban J connectivity index is 1.65. The summed E-state index contributed by atoms with van der Waals surface area (Å²) in [4.78, 5) is 14.3. The van der Waals surface area contributed by atoms with Gasteiger partial charge in [-0.1, -0.05) is 25.1 Å². The lowest BCUT2D eigenvalue weighted by Crippen LogP contribution is -2.33. The standard InChI is InChI=1S/C17H20N4O/c1-13-9-11-21(12-10-13)16-8-7-15(19-20-16)17(22)18-14-5-3-2-4-6-14/h2-8,13H,9-12H2,1H3,(H,18,22). The number of nitrogens with one attached hydrogen (secondary N) is 1. The molecule has 1 aromatic heterocycles. The summed E-state index contributed by atoms with van der Waals surface area (Å²) in [5.41, 5.74) is 1.08. The number of hydrogen-bond acceptors (Lipinski definition) is 4. The maximum Gasteiger partial charge on any atom is 0.276 e. The van der Waals surface area contributed by atoms with Gasteiger partial charge in [-0.05, 0) is 43.0 Å². The number of piperidine rings is 1. The molecule has 1 saturated heterocycles. The Hall–Kier alpha value is -2.43. The minimum absolute atomic E-state index is 0.238. The zero-order chi connectivity index (χ0) is 15.4. The third-order valence-corrected chi connectivity index (χ3v) is 4.02. The fraction of sp³-hybridized carbons (Fsp3) is 0.353. The molecule has 0 radical (unpaired) electrons. The molecular weight excluding hydrogens is 276 g/mol. The van der Waals surface area contributed by atoms with Crippen LogP contribution in [0.15, 0.2) is 42.5 Å². The first-order valence-corrected chi connectivity index (χ1v) is 7.67. The Morgan fingerprint density at radius 3 is 2.45 bits per heavy atom. The molecule has 114 valence electrons. The zero-order valence-electron chi connectivity index (χ0n) is 12.7. The van der Waals surface area contributed by atoms with Crippen LogP contribution in [0.25, 0.3) is 0 Å². The summed E-state index contributed by atoms with van der Waals surface area (Å²) in [6, 6.07) is 13.0. The Morgan fingerprint density at radius 1 is 1.09 bits per heavy atom. The van der Waals surface area contributed by atoms with Crippen LogP contribution >= 0.6 is 0 Å². The lowest BCUT2D eigenvalue weighted by molar-refractivity contribution is 0.102. The van der Waals surface area contributed by atoms with Crippen molar-refractivity contribution in [2.45, 2.75) is 19.8 Å².